The minimum Gasteiger partial charge on any atom is -0.325 e. The van der Waals surface area contributed by atoms with Crippen molar-refractivity contribution in [2.24, 2.45) is 0 Å². The van der Waals surface area contributed by atoms with Gasteiger partial charge in [-0.15, -0.1) is 11.8 Å². The molecule has 0 aromatic heterocycles. The molecule has 0 fully saturated rings. The largest absolute Gasteiger partial charge is 0.325 e. The standard InChI is InChI=1S/C18H20BrNOS/c1-12-6-4-7-13(2)17(12)20-18(21)14(3)22-11-15-8-5-9-16(19)10-15/h4-10,14H,11H2,1-3H3,(H,20,21)/t14-/m0/s1. The zero-order valence-electron chi connectivity index (χ0n) is 13.0. The van der Waals surface area contributed by atoms with Gasteiger partial charge in [0.15, 0.2) is 0 Å². The van der Waals surface area contributed by atoms with Gasteiger partial charge in [-0.05, 0) is 49.6 Å². The lowest BCUT2D eigenvalue weighted by Gasteiger charge is -2.15. The van der Waals surface area contributed by atoms with Gasteiger partial charge in [-0.3, -0.25) is 4.79 Å². The van der Waals surface area contributed by atoms with E-state index in [1.807, 2.05) is 51.1 Å². The molecule has 0 radical (unpaired) electrons. The van der Waals surface area contributed by atoms with Crippen molar-refractivity contribution in [1.29, 1.82) is 0 Å². The number of amides is 1. The van der Waals surface area contributed by atoms with E-state index in [2.05, 4.69) is 33.4 Å². The number of nitrogens with one attached hydrogen (secondary N) is 1. The number of hydrogen-bond donors (Lipinski definition) is 1. The molecule has 0 heterocycles. The van der Waals surface area contributed by atoms with Crippen molar-refractivity contribution in [1.82, 2.24) is 0 Å². The number of halogens is 1. The van der Waals surface area contributed by atoms with E-state index in [0.717, 1.165) is 27.0 Å². The Kier molecular flexibility index (Phi) is 6.09. The fraction of sp³-hybridized carbons (Fsp3) is 0.278. The van der Waals surface area contributed by atoms with Crippen molar-refractivity contribution in [3.05, 3.63) is 63.6 Å². The first kappa shape index (κ1) is 17.1. The van der Waals surface area contributed by atoms with Crippen LogP contribution in [-0.4, -0.2) is 11.2 Å². The van der Waals surface area contributed by atoms with Crippen LogP contribution in [0.4, 0.5) is 5.69 Å². The molecule has 2 rings (SSSR count). The lowest BCUT2D eigenvalue weighted by Crippen LogP contribution is -2.23. The third kappa shape index (κ3) is 4.62. The molecule has 0 aliphatic heterocycles. The van der Waals surface area contributed by atoms with Crippen LogP contribution in [0.5, 0.6) is 0 Å². The third-order valence-electron chi connectivity index (χ3n) is 3.49. The van der Waals surface area contributed by atoms with Gasteiger partial charge in [-0.1, -0.05) is 46.3 Å². The molecule has 2 aromatic carbocycles. The van der Waals surface area contributed by atoms with Crippen LogP contribution in [0.3, 0.4) is 0 Å². The second-order valence-electron chi connectivity index (χ2n) is 5.34. The van der Waals surface area contributed by atoms with Crippen molar-refractivity contribution in [3.63, 3.8) is 0 Å². The van der Waals surface area contributed by atoms with Gasteiger partial charge in [0.2, 0.25) is 5.91 Å². The Balaban J connectivity index is 1.95. The first-order valence-electron chi connectivity index (χ1n) is 7.20. The van der Waals surface area contributed by atoms with Crippen LogP contribution in [-0.2, 0) is 10.5 Å². The van der Waals surface area contributed by atoms with E-state index in [-0.39, 0.29) is 11.2 Å². The average molecular weight is 378 g/mol. The predicted molar refractivity (Wildman–Crippen MR) is 99.4 cm³/mol. The molecule has 2 nitrogen and oxygen atoms in total. The fourth-order valence-electron chi connectivity index (χ4n) is 2.16. The molecule has 1 atom stereocenters. The van der Waals surface area contributed by atoms with E-state index in [4.69, 9.17) is 0 Å². The zero-order chi connectivity index (χ0) is 16.1. The highest BCUT2D eigenvalue weighted by Crippen LogP contribution is 2.24. The van der Waals surface area contributed by atoms with E-state index in [1.165, 1.54) is 5.56 Å². The van der Waals surface area contributed by atoms with Crippen LogP contribution in [0.2, 0.25) is 0 Å². The number of carbonyl (C=O) groups excluding carboxylic acids is 1. The van der Waals surface area contributed by atoms with Gasteiger partial charge in [0.05, 0.1) is 5.25 Å². The Labute approximate surface area is 144 Å². The maximum Gasteiger partial charge on any atom is 0.237 e. The summed E-state index contributed by atoms with van der Waals surface area (Å²) in [4.78, 5) is 12.4. The molecule has 2 aromatic rings. The maximum atomic E-state index is 12.4. The molecule has 0 spiro atoms. The van der Waals surface area contributed by atoms with E-state index in [9.17, 15) is 4.79 Å². The summed E-state index contributed by atoms with van der Waals surface area (Å²) in [6.45, 7) is 5.98. The number of aryl methyl sites for hydroxylation is 2. The number of benzene rings is 2. The smallest absolute Gasteiger partial charge is 0.237 e. The molecule has 1 N–H and O–H groups in total. The predicted octanol–water partition coefficient (Wildman–Crippen LogP) is 5.33. The Morgan fingerprint density at radius 1 is 1.18 bits per heavy atom. The van der Waals surface area contributed by atoms with Gasteiger partial charge in [-0.25, -0.2) is 0 Å². The molecule has 0 saturated carbocycles. The number of rotatable bonds is 5. The topological polar surface area (TPSA) is 29.1 Å². The van der Waals surface area contributed by atoms with Gasteiger partial charge in [0, 0.05) is 15.9 Å². The molecular weight excluding hydrogens is 358 g/mol. The second kappa shape index (κ2) is 7.84. The van der Waals surface area contributed by atoms with Gasteiger partial charge in [0.1, 0.15) is 0 Å². The molecule has 0 aliphatic rings. The zero-order valence-corrected chi connectivity index (χ0v) is 15.4. The molecule has 0 unspecified atom stereocenters. The summed E-state index contributed by atoms with van der Waals surface area (Å²) in [5.74, 6) is 0.873. The van der Waals surface area contributed by atoms with E-state index in [0.29, 0.717) is 0 Å². The lowest BCUT2D eigenvalue weighted by atomic mass is 10.1. The number of anilines is 1. The first-order chi connectivity index (χ1) is 10.5. The van der Waals surface area contributed by atoms with E-state index < -0.39 is 0 Å². The molecule has 0 aliphatic carbocycles. The highest BCUT2D eigenvalue weighted by Gasteiger charge is 2.15. The van der Waals surface area contributed by atoms with Crippen LogP contribution in [0, 0.1) is 13.8 Å². The van der Waals surface area contributed by atoms with Crippen molar-refractivity contribution >= 4 is 39.3 Å². The van der Waals surface area contributed by atoms with Crippen molar-refractivity contribution in [2.75, 3.05) is 5.32 Å². The highest BCUT2D eigenvalue weighted by molar-refractivity contribution is 9.10. The van der Waals surface area contributed by atoms with Crippen LogP contribution in [0.25, 0.3) is 0 Å². The number of carbonyl (C=O) groups is 1. The number of thioether (sulfide) groups is 1. The second-order valence-corrected chi connectivity index (χ2v) is 7.58. The minimum atomic E-state index is -0.0991. The van der Waals surface area contributed by atoms with Crippen molar-refractivity contribution < 1.29 is 4.79 Å². The van der Waals surface area contributed by atoms with E-state index >= 15 is 0 Å². The third-order valence-corrected chi connectivity index (χ3v) is 5.19. The van der Waals surface area contributed by atoms with Crippen LogP contribution < -0.4 is 5.32 Å². The summed E-state index contributed by atoms with van der Waals surface area (Å²) in [6, 6.07) is 14.2. The van der Waals surface area contributed by atoms with Gasteiger partial charge >= 0.3 is 0 Å². The highest BCUT2D eigenvalue weighted by atomic mass is 79.9. The van der Waals surface area contributed by atoms with Crippen LogP contribution >= 0.6 is 27.7 Å². The summed E-state index contributed by atoms with van der Waals surface area (Å²) in [5.41, 5.74) is 4.34. The minimum absolute atomic E-state index is 0.0531. The Bertz CT molecular complexity index is 652. The average Bonchev–Trinajstić information content (AvgIpc) is 2.48. The molecule has 0 saturated heterocycles. The quantitative estimate of drug-likeness (QED) is 0.762. The maximum absolute atomic E-state index is 12.4. The Morgan fingerprint density at radius 2 is 1.82 bits per heavy atom. The van der Waals surface area contributed by atoms with Gasteiger partial charge in [-0.2, -0.15) is 0 Å². The summed E-state index contributed by atoms with van der Waals surface area (Å²) < 4.78 is 1.07. The number of hydrogen-bond acceptors (Lipinski definition) is 2. The lowest BCUT2D eigenvalue weighted by molar-refractivity contribution is -0.115. The molecule has 116 valence electrons. The summed E-state index contributed by atoms with van der Waals surface area (Å²) in [6.07, 6.45) is 0. The molecule has 22 heavy (non-hydrogen) atoms. The fourth-order valence-corrected chi connectivity index (χ4v) is 3.44. The summed E-state index contributed by atoms with van der Waals surface area (Å²) in [7, 11) is 0. The van der Waals surface area contributed by atoms with E-state index in [1.54, 1.807) is 11.8 Å². The summed E-state index contributed by atoms with van der Waals surface area (Å²) >= 11 is 5.11. The molecule has 4 heteroatoms. The van der Waals surface area contributed by atoms with Gasteiger partial charge < -0.3 is 5.32 Å². The van der Waals surface area contributed by atoms with Gasteiger partial charge in [0.25, 0.3) is 0 Å². The summed E-state index contributed by atoms with van der Waals surface area (Å²) in [5, 5.41) is 2.96. The van der Waals surface area contributed by atoms with Crippen molar-refractivity contribution in [2.45, 2.75) is 31.8 Å². The monoisotopic (exact) mass is 377 g/mol. The van der Waals surface area contributed by atoms with Crippen molar-refractivity contribution in [3.8, 4) is 0 Å². The molecule has 1 amide bonds. The Hall–Kier alpha value is -1.26. The van der Waals surface area contributed by atoms with Crippen LogP contribution in [0.1, 0.15) is 23.6 Å². The normalized spacial score (nSPS) is 12.0. The molecule has 0 bridgehead atoms. The number of para-hydroxylation sites is 1. The SMILES string of the molecule is Cc1cccc(C)c1NC(=O)[C@H](C)SCc1cccc(Br)c1. The molecular formula is C18H20BrNOS. The van der Waals surface area contributed by atoms with Crippen LogP contribution in [0.15, 0.2) is 46.9 Å². The Morgan fingerprint density at radius 3 is 2.45 bits per heavy atom. The first-order valence-corrected chi connectivity index (χ1v) is 9.04.